The van der Waals surface area contributed by atoms with Crippen molar-refractivity contribution in [3.05, 3.63) is 65.4 Å². The number of halogens is 1. The van der Waals surface area contributed by atoms with E-state index in [-0.39, 0.29) is 17.3 Å². The first-order chi connectivity index (χ1) is 11.4. The fourth-order valence-corrected chi connectivity index (χ4v) is 3.48. The van der Waals surface area contributed by atoms with Crippen LogP contribution in [0.2, 0.25) is 0 Å². The van der Waals surface area contributed by atoms with Gasteiger partial charge in [0.05, 0.1) is 10.6 Å². The third-order valence-corrected chi connectivity index (χ3v) is 5.35. The Bertz CT molecular complexity index is 933. The number of rotatable bonds is 5. The SMILES string of the molecule is CS(=O)(=O)c1ccc(OCc2csc(-c3ccc(F)cc3)n2)cc1. The van der Waals surface area contributed by atoms with E-state index in [9.17, 15) is 12.8 Å². The summed E-state index contributed by atoms with van der Waals surface area (Å²) in [6.07, 6.45) is 1.16. The Hall–Kier alpha value is -2.25. The molecule has 0 bridgehead atoms. The lowest BCUT2D eigenvalue weighted by atomic mass is 10.2. The summed E-state index contributed by atoms with van der Waals surface area (Å²) in [5.74, 6) is 0.287. The molecule has 0 saturated carbocycles. The van der Waals surface area contributed by atoms with Gasteiger partial charge in [-0.15, -0.1) is 11.3 Å². The van der Waals surface area contributed by atoms with Crippen LogP contribution >= 0.6 is 11.3 Å². The summed E-state index contributed by atoms with van der Waals surface area (Å²) in [4.78, 5) is 4.71. The highest BCUT2D eigenvalue weighted by atomic mass is 32.2. The number of hydrogen-bond acceptors (Lipinski definition) is 5. The third kappa shape index (κ3) is 3.98. The molecule has 3 rings (SSSR count). The zero-order chi connectivity index (χ0) is 17.2. The highest BCUT2D eigenvalue weighted by Crippen LogP contribution is 2.25. The van der Waals surface area contributed by atoms with E-state index in [2.05, 4.69) is 4.98 Å². The highest BCUT2D eigenvalue weighted by Gasteiger charge is 2.08. The molecule has 0 saturated heterocycles. The number of hydrogen-bond donors (Lipinski definition) is 0. The van der Waals surface area contributed by atoms with Crippen molar-refractivity contribution in [1.82, 2.24) is 4.98 Å². The van der Waals surface area contributed by atoms with Gasteiger partial charge in [0.25, 0.3) is 0 Å². The van der Waals surface area contributed by atoms with Crippen LogP contribution in [-0.4, -0.2) is 19.7 Å². The molecule has 0 atom stereocenters. The van der Waals surface area contributed by atoms with Crippen LogP contribution in [0.5, 0.6) is 5.75 Å². The third-order valence-electron chi connectivity index (χ3n) is 3.28. The smallest absolute Gasteiger partial charge is 0.175 e. The molecule has 7 heteroatoms. The Morgan fingerprint density at radius 1 is 1.08 bits per heavy atom. The minimum atomic E-state index is -3.21. The minimum absolute atomic E-state index is 0.252. The van der Waals surface area contributed by atoms with E-state index in [1.165, 1.54) is 35.6 Å². The summed E-state index contributed by atoms with van der Waals surface area (Å²) in [5.41, 5.74) is 1.61. The van der Waals surface area contributed by atoms with Gasteiger partial charge in [-0.05, 0) is 48.5 Å². The van der Waals surface area contributed by atoms with Gasteiger partial charge in [-0.2, -0.15) is 0 Å². The van der Waals surface area contributed by atoms with E-state index < -0.39 is 9.84 Å². The fourth-order valence-electron chi connectivity index (χ4n) is 2.04. The summed E-state index contributed by atoms with van der Waals surface area (Å²) in [6.45, 7) is 0.274. The molecule has 124 valence electrons. The molecule has 4 nitrogen and oxygen atoms in total. The topological polar surface area (TPSA) is 56.3 Å². The standard InChI is InChI=1S/C17H14FNO3S2/c1-24(20,21)16-8-6-15(7-9-16)22-10-14-11-23-17(19-14)12-2-4-13(18)5-3-12/h2-9,11H,10H2,1H3. The van der Waals surface area contributed by atoms with Crippen LogP contribution < -0.4 is 4.74 Å². The van der Waals surface area contributed by atoms with Crippen LogP contribution in [0.25, 0.3) is 10.6 Å². The van der Waals surface area contributed by atoms with Crippen molar-refractivity contribution in [3.63, 3.8) is 0 Å². The van der Waals surface area contributed by atoms with E-state index in [4.69, 9.17) is 4.74 Å². The van der Waals surface area contributed by atoms with E-state index in [1.54, 1.807) is 24.3 Å². The molecule has 0 N–H and O–H groups in total. The molecule has 3 aromatic rings. The van der Waals surface area contributed by atoms with Crippen LogP contribution in [0.4, 0.5) is 4.39 Å². The largest absolute Gasteiger partial charge is 0.487 e. The Labute approximate surface area is 143 Å². The second-order valence-electron chi connectivity index (χ2n) is 5.18. The average Bonchev–Trinajstić information content (AvgIpc) is 3.02. The van der Waals surface area contributed by atoms with Crippen molar-refractivity contribution in [2.75, 3.05) is 6.26 Å². The second-order valence-corrected chi connectivity index (χ2v) is 8.06. The zero-order valence-electron chi connectivity index (χ0n) is 12.8. The predicted molar refractivity (Wildman–Crippen MR) is 91.4 cm³/mol. The number of benzene rings is 2. The summed E-state index contributed by atoms with van der Waals surface area (Å²) >= 11 is 1.46. The van der Waals surface area contributed by atoms with E-state index in [0.29, 0.717) is 5.75 Å². The lowest BCUT2D eigenvalue weighted by Gasteiger charge is -2.05. The Morgan fingerprint density at radius 2 is 1.75 bits per heavy atom. The maximum absolute atomic E-state index is 12.9. The molecule has 0 radical (unpaired) electrons. The number of nitrogens with zero attached hydrogens (tertiary/aromatic N) is 1. The second kappa shape index (κ2) is 6.70. The van der Waals surface area contributed by atoms with Gasteiger partial charge in [0, 0.05) is 17.2 Å². The van der Waals surface area contributed by atoms with Crippen LogP contribution in [0.1, 0.15) is 5.69 Å². The summed E-state index contributed by atoms with van der Waals surface area (Å²) < 4.78 is 41.4. The van der Waals surface area contributed by atoms with Crippen molar-refractivity contribution >= 4 is 21.2 Å². The van der Waals surface area contributed by atoms with Crippen molar-refractivity contribution in [2.24, 2.45) is 0 Å². The molecule has 1 heterocycles. The predicted octanol–water partition coefficient (Wildman–Crippen LogP) is 3.93. The number of thiazole rings is 1. The van der Waals surface area contributed by atoms with Gasteiger partial charge >= 0.3 is 0 Å². The van der Waals surface area contributed by atoms with Crippen LogP contribution in [0.3, 0.4) is 0 Å². The molecule has 0 spiro atoms. The minimum Gasteiger partial charge on any atom is -0.487 e. The molecule has 0 aliphatic carbocycles. The molecule has 0 amide bonds. The first-order valence-electron chi connectivity index (χ1n) is 7.05. The van der Waals surface area contributed by atoms with Gasteiger partial charge in [0.2, 0.25) is 0 Å². The average molecular weight is 363 g/mol. The molecule has 2 aromatic carbocycles. The van der Waals surface area contributed by atoms with Gasteiger partial charge in [-0.1, -0.05) is 0 Å². The van der Waals surface area contributed by atoms with Crippen molar-refractivity contribution in [1.29, 1.82) is 0 Å². The Morgan fingerprint density at radius 3 is 2.38 bits per heavy atom. The normalized spacial score (nSPS) is 11.4. The van der Waals surface area contributed by atoms with Gasteiger partial charge in [0.1, 0.15) is 23.2 Å². The molecule has 0 unspecified atom stereocenters. The summed E-state index contributed by atoms with van der Waals surface area (Å²) in [7, 11) is -3.21. The van der Waals surface area contributed by atoms with E-state index in [1.807, 2.05) is 5.38 Å². The Kier molecular flexibility index (Phi) is 4.64. The van der Waals surface area contributed by atoms with Gasteiger partial charge < -0.3 is 4.74 Å². The number of sulfone groups is 1. The molecule has 0 fully saturated rings. The van der Waals surface area contributed by atoms with E-state index >= 15 is 0 Å². The van der Waals surface area contributed by atoms with Gasteiger partial charge in [-0.3, -0.25) is 0 Å². The molecule has 0 aliphatic heterocycles. The molecular weight excluding hydrogens is 349 g/mol. The monoisotopic (exact) mass is 363 g/mol. The molecule has 24 heavy (non-hydrogen) atoms. The first-order valence-corrected chi connectivity index (χ1v) is 9.82. The van der Waals surface area contributed by atoms with Crippen molar-refractivity contribution in [3.8, 4) is 16.3 Å². The quantitative estimate of drug-likeness (QED) is 0.689. The summed E-state index contributed by atoms with van der Waals surface area (Å²) in [6, 6.07) is 12.4. The van der Waals surface area contributed by atoms with Crippen LogP contribution in [-0.2, 0) is 16.4 Å². The van der Waals surface area contributed by atoms with E-state index in [0.717, 1.165) is 22.5 Å². The van der Waals surface area contributed by atoms with Gasteiger partial charge in [-0.25, -0.2) is 17.8 Å². The number of aromatic nitrogens is 1. The maximum atomic E-state index is 12.9. The maximum Gasteiger partial charge on any atom is 0.175 e. The first kappa shape index (κ1) is 16.6. The van der Waals surface area contributed by atoms with Crippen LogP contribution in [0.15, 0.2) is 58.8 Å². The lowest BCUT2D eigenvalue weighted by Crippen LogP contribution is -1.98. The Balaban J connectivity index is 1.66. The van der Waals surface area contributed by atoms with Crippen molar-refractivity contribution < 1.29 is 17.5 Å². The fraction of sp³-hybridized carbons (Fsp3) is 0.118. The number of ether oxygens (including phenoxy) is 1. The highest BCUT2D eigenvalue weighted by molar-refractivity contribution is 7.90. The molecular formula is C17H14FNO3S2. The summed E-state index contributed by atoms with van der Waals surface area (Å²) in [5, 5.41) is 2.67. The lowest BCUT2D eigenvalue weighted by molar-refractivity contribution is 0.302. The van der Waals surface area contributed by atoms with Crippen molar-refractivity contribution in [2.45, 2.75) is 11.5 Å². The van der Waals surface area contributed by atoms with Gasteiger partial charge in [0.15, 0.2) is 9.84 Å². The molecule has 1 aromatic heterocycles. The zero-order valence-corrected chi connectivity index (χ0v) is 14.4. The molecule has 0 aliphatic rings. The van der Waals surface area contributed by atoms with Crippen LogP contribution in [0, 0.1) is 5.82 Å².